The van der Waals surface area contributed by atoms with Gasteiger partial charge in [0.1, 0.15) is 0 Å². The van der Waals surface area contributed by atoms with Crippen molar-refractivity contribution >= 4 is 0 Å². The standard InChI is InChI=1S/C17H20N2O/c1-18-12-17-15-7-4-6-14(13(15)8-5-11-20-17)16-9-2-3-10-19-16/h2-4,6-7,9-10,17-18H,5,8,11-12H2,1H3. The second kappa shape index (κ2) is 6.16. The van der Waals surface area contributed by atoms with E-state index in [9.17, 15) is 0 Å². The first-order valence-electron chi connectivity index (χ1n) is 7.19. The summed E-state index contributed by atoms with van der Waals surface area (Å²) in [5.74, 6) is 0. The Balaban J connectivity index is 2.08. The molecule has 3 rings (SSSR count). The van der Waals surface area contributed by atoms with Crippen molar-refractivity contribution < 1.29 is 4.74 Å². The number of ether oxygens (including phenoxy) is 1. The molecule has 20 heavy (non-hydrogen) atoms. The molecule has 1 aromatic heterocycles. The van der Waals surface area contributed by atoms with Crippen LogP contribution in [0.15, 0.2) is 42.6 Å². The number of hydrogen-bond donors (Lipinski definition) is 1. The Kier molecular flexibility index (Phi) is 4.09. The van der Waals surface area contributed by atoms with Gasteiger partial charge in [-0.05, 0) is 43.1 Å². The molecule has 1 aliphatic heterocycles. The molecule has 1 aliphatic rings. The van der Waals surface area contributed by atoms with Gasteiger partial charge in [0.25, 0.3) is 0 Å². The maximum Gasteiger partial charge on any atom is 0.0951 e. The molecule has 1 N–H and O–H groups in total. The summed E-state index contributed by atoms with van der Waals surface area (Å²) in [6, 6.07) is 12.5. The van der Waals surface area contributed by atoms with Gasteiger partial charge in [-0.2, -0.15) is 0 Å². The van der Waals surface area contributed by atoms with E-state index in [-0.39, 0.29) is 6.10 Å². The quantitative estimate of drug-likeness (QED) is 0.929. The number of nitrogens with one attached hydrogen (secondary N) is 1. The van der Waals surface area contributed by atoms with E-state index in [0.29, 0.717) is 0 Å². The van der Waals surface area contributed by atoms with E-state index in [4.69, 9.17) is 4.74 Å². The molecule has 3 nitrogen and oxygen atoms in total. The molecule has 0 saturated carbocycles. The fourth-order valence-electron chi connectivity index (χ4n) is 2.87. The van der Waals surface area contributed by atoms with Crippen LogP contribution in [0.3, 0.4) is 0 Å². The lowest BCUT2D eigenvalue weighted by Crippen LogP contribution is -2.20. The van der Waals surface area contributed by atoms with Crippen LogP contribution in [0.5, 0.6) is 0 Å². The van der Waals surface area contributed by atoms with Crippen LogP contribution in [0.1, 0.15) is 23.7 Å². The number of likely N-dealkylation sites (N-methyl/N-ethyl adjacent to an activating group) is 1. The molecule has 0 radical (unpaired) electrons. The first-order valence-corrected chi connectivity index (χ1v) is 7.19. The van der Waals surface area contributed by atoms with E-state index in [2.05, 4.69) is 34.6 Å². The molecule has 1 atom stereocenters. The molecule has 104 valence electrons. The first kappa shape index (κ1) is 13.3. The van der Waals surface area contributed by atoms with Gasteiger partial charge in [-0.25, -0.2) is 0 Å². The minimum atomic E-state index is 0.140. The molecule has 1 unspecified atom stereocenters. The Morgan fingerprint density at radius 1 is 1.25 bits per heavy atom. The van der Waals surface area contributed by atoms with Crippen LogP contribution in [0, 0.1) is 0 Å². The topological polar surface area (TPSA) is 34.1 Å². The van der Waals surface area contributed by atoms with Crippen molar-refractivity contribution in [3.05, 3.63) is 53.7 Å². The molecular weight excluding hydrogens is 248 g/mol. The smallest absolute Gasteiger partial charge is 0.0951 e. The van der Waals surface area contributed by atoms with Crippen molar-refractivity contribution in [2.75, 3.05) is 20.2 Å². The van der Waals surface area contributed by atoms with E-state index in [1.165, 1.54) is 16.7 Å². The largest absolute Gasteiger partial charge is 0.372 e. The molecular formula is C17H20N2O. The van der Waals surface area contributed by atoms with Crippen molar-refractivity contribution in [2.24, 2.45) is 0 Å². The Bertz CT molecular complexity index is 568. The second-order valence-corrected chi connectivity index (χ2v) is 5.11. The van der Waals surface area contributed by atoms with Gasteiger partial charge in [-0.1, -0.05) is 24.3 Å². The molecule has 0 bridgehead atoms. The number of rotatable bonds is 3. The van der Waals surface area contributed by atoms with Gasteiger partial charge in [0.05, 0.1) is 11.8 Å². The van der Waals surface area contributed by atoms with Crippen molar-refractivity contribution in [3.63, 3.8) is 0 Å². The second-order valence-electron chi connectivity index (χ2n) is 5.11. The Labute approximate surface area is 120 Å². The van der Waals surface area contributed by atoms with Crippen molar-refractivity contribution in [1.82, 2.24) is 10.3 Å². The van der Waals surface area contributed by atoms with E-state index in [1.54, 1.807) is 0 Å². The maximum atomic E-state index is 5.98. The highest BCUT2D eigenvalue weighted by molar-refractivity contribution is 5.65. The van der Waals surface area contributed by atoms with Crippen LogP contribution in [-0.4, -0.2) is 25.2 Å². The van der Waals surface area contributed by atoms with Gasteiger partial charge in [-0.15, -0.1) is 0 Å². The predicted molar refractivity (Wildman–Crippen MR) is 80.6 cm³/mol. The zero-order chi connectivity index (χ0) is 13.8. The van der Waals surface area contributed by atoms with E-state index in [0.717, 1.165) is 31.7 Å². The zero-order valence-electron chi connectivity index (χ0n) is 11.8. The number of fused-ring (bicyclic) bond motifs is 1. The summed E-state index contributed by atoms with van der Waals surface area (Å²) in [5, 5.41) is 3.22. The third-order valence-corrected chi connectivity index (χ3v) is 3.78. The van der Waals surface area contributed by atoms with Gasteiger partial charge >= 0.3 is 0 Å². The van der Waals surface area contributed by atoms with Crippen molar-refractivity contribution in [3.8, 4) is 11.3 Å². The Morgan fingerprint density at radius 3 is 3.00 bits per heavy atom. The number of pyridine rings is 1. The zero-order valence-corrected chi connectivity index (χ0v) is 11.8. The summed E-state index contributed by atoms with van der Waals surface area (Å²) in [5.41, 5.74) is 4.99. The lowest BCUT2D eigenvalue weighted by atomic mass is 9.93. The molecule has 0 fully saturated rings. The summed E-state index contributed by atoms with van der Waals surface area (Å²) in [7, 11) is 1.97. The third-order valence-electron chi connectivity index (χ3n) is 3.78. The molecule has 1 aromatic carbocycles. The summed E-state index contributed by atoms with van der Waals surface area (Å²) in [6.45, 7) is 1.67. The Morgan fingerprint density at radius 2 is 2.20 bits per heavy atom. The molecule has 0 saturated heterocycles. The lowest BCUT2D eigenvalue weighted by Gasteiger charge is -2.19. The van der Waals surface area contributed by atoms with E-state index in [1.807, 2.05) is 25.4 Å². The lowest BCUT2D eigenvalue weighted by molar-refractivity contribution is 0.0579. The summed E-state index contributed by atoms with van der Waals surface area (Å²) < 4.78 is 5.98. The molecule has 0 aliphatic carbocycles. The van der Waals surface area contributed by atoms with Crippen LogP contribution in [0.25, 0.3) is 11.3 Å². The van der Waals surface area contributed by atoms with Crippen LogP contribution < -0.4 is 5.32 Å². The van der Waals surface area contributed by atoms with E-state index < -0.39 is 0 Å². The fourth-order valence-corrected chi connectivity index (χ4v) is 2.87. The highest BCUT2D eigenvalue weighted by atomic mass is 16.5. The summed E-state index contributed by atoms with van der Waals surface area (Å²) in [6.07, 6.45) is 4.12. The monoisotopic (exact) mass is 268 g/mol. The normalized spacial score (nSPS) is 18.4. The highest BCUT2D eigenvalue weighted by Gasteiger charge is 2.21. The molecule has 2 aromatic rings. The van der Waals surface area contributed by atoms with Crippen molar-refractivity contribution in [1.29, 1.82) is 0 Å². The number of benzene rings is 1. The number of aromatic nitrogens is 1. The first-order chi connectivity index (χ1) is 9.90. The average molecular weight is 268 g/mol. The minimum absolute atomic E-state index is 0.140. The summed E-state index contributed by atoms with van der Waals surface area (Å²) >= 11 is 0. The average Bonchev–Trinajstić information content (AvgIpc) is 2.71. The van der Waals surface area contributed by atoms with Gasteiger partial charge in [-0.3, -0.25) is 4.98 Å². The van der Waals surface area contributed by atoms with Gasteiger partial charge in [0.15, 0.2) is 0 Å². The number of nitrogens with zero attached hydrogens (tertiary/aromatic N) is 1. The highest BCUT2D eigenvalue weighted by Crippen LogP contribution is 2.32. The Hall–Kier alpha value is -1.71. The predicted octanol–water partition coefficient (Wildman–Crippen LogP) is 2.97. The molecule has 3 heteroatoms. The van der Waals surface area contributed by atoms with Crippen LogP contribution >= 0.6 is 0 Å². The summed E-state index contributed by atoms with van der Waals surface area (Å²) in [4.78, 5) is 4.50. The molecule has 0 amide bonds. The van der Waals surface area contributed by atoms with E-state index >= 15 is 0 Å². The fraction of sp³-hybridized carbons (Fsp3) is 0.353. The van der Waals surface area contributed by atoms with Crippen LogP contribution in [-0.2, 0) is 11.2 Å². The van der Waals surface area contributed by atoms with Gasteiger partial charge in [0, 0.05) is 24.9 Å². The van der Waals surface area contributed by atoms with Crippen LogP contribution in [0.4, 0.5) is 0 Å². The number of hydrogen-bond acceptors (Lipinski definition) is 3. The van der Waals surface area contributed by atoms with Gasteiger partial charge < -0.3 is 10.1 Å². The van der Waals surface area contributed by atoms with Crippen LogP contribution in [0.2, 0.25) is 0 Å². The maximum absolute atomic E-state index is 5.98. The molecule has 2 heterocycles. The SMILES string of the molecule is CNCC1OCCCc2c(-c3ccccn3)cccc21. The third kappa shape index (κ3) is 2.60. The van der Waals surface area contributed by atoms with Gasteiger partial charge in [0.2, 0.25) is 0 Å². The van der Waals surface area contributed by atoms with Crippen molar-refractivity contribution in [2.45, 2.75) is 18.9 Å². The minimum Gasteiger partial charge on any atom is -0.372 e. The molecule has 0 spiro atoms.